The van der Waals surface area contributed by atoms with E-state index in [-0.39, 0.29) is 0 Å². The maximum absolute atomic E-state index is 12.2. The normalized spacial score (nSPS) is 23.5. The fourth-order valence-electron chi connectivity index (χ4n) is 1.65. The van der Waals surface area contributed by atoms with Gasteiger partial charge in [0.25, 0.3) is 0 Å². The van der Waals surface area contributed by atoms with E-state index in [4.69, 9.17) is 0 Å². The molecular weight excluding hydrogens is 312 g/mol. The molecule has 1 atom stereocenters. The van der Waals surface area contributed by atoms with Crippen LogP contribution < -0.4 is 5.32 Å². The van der Waals surface area contributed by atoms with Crippen LogP contribution in [0.5, 0.6) is 0 Å². The Labute approximate surface area is 108 Å². The molecule has 0 amide bonds. The highest BCUT2D eigenvalue weighted by atomic mass is 79.9. The van der Waals surface area contributed by atoms with Crippen LogP contribution in [0.25, 0.3) is 0 Å². The molecule has 0 aromatic carbocycles. The Morgan fingerprint density at radius 1 is 1.56 bits per heavy atom. The van der Waals surface area contributed by atoms with E-state index in [9.17, 15) is 8.42 Å². The summed E-state index contributed by atoms with van der Waals surface area (Å²) < 4.78 is 25.8. The average molecular weight is 325 g/mol. The van der Waals surface area contributed by atoms with Crippen molar-refractivity contribution in [1.82, 2.24) is 10.2 Å². The molecule has 0 saturated carbocycles. The molecule has 16 heavy (non-hydrogen) atoms. The lowest BCUT2D eigenvalue weighted by Gasteiger charge is -2.30. The Morgan fingerprint density at radius 3 is 2.88 bits per heavy atom. The van der Waals surface area contributed by atoms with Crippen molar-refractivity contribution < 1.29 is 8.42 Å². The molecule has 1 unspecified atom stereocenters. The molecule has 0 spiro atoms. The van der Waals surface area contributed by atoms with Crippen LogP contribution in [-0.2, 0) is 9.84 Å². The smallest absolute Gasteiger partial charge is 0.204 e. The predicted octanol–water partition coefficient (Wildman–Crippen LogP) is 1.15. The summed E-state index contributed by atoms with van der Waals surface area (Å²) in [7, 11) is -1.30. The quantitative estimate of drug-likeness (QED) is 0.886. The van der Waals surface area contributed by atoms with Gasteiger partial charge in [-0.25, -0.2) is 8.42 Å². The molecule has 1 aliphatic heterocycles. The van der Waals surface area contributed by atoms with Crippen molar-refractivity contribution in [1.29, 1.82) is 0 Å². The van der Waals surface area contributed by atoms with Crippen LogP contribution in [0, 0.1) is 0 Å². The highest BCUT2D eigenvalue weighted by Gasteiger charge is 2.31. The van der Waals surface area contributed by atoms with Gasteiger partial charge in [-0.2, -0.15) is 0 Å². The Morgan fingerprint density at radius 2 is 2.31 bits per heavy atom. The van der Waals surface area contributed by atoms with Gasteiger partial charge < -0.3 is 4.90 Å². The molecule has 1 aliphatic rings. The van der Waals surface area contributed by atoms with Crippen LogP contribution in [0.3, 0.4) is 0 Å². The van der Waals surface area contributed by atoms with Gasteiger partial charge in [0.05, 0.1) is 3.79 Å². The van der Waals surface area contributed by atoms with Crippen LogP contribution in [0.15, 0.2) is 20.1 Å². The summed E-state index contributed by atoms with van der Waals surface area (Å²) in [6, 6.07) is 3.42. The highest BCUT2D eigenvalue weighted by Crippen LogP contribution is 2.28. The van der Waals surface area contributed by atoms with Crippen molar-refractivity contribution in [2.24, 2.45) is 0 Å². The van der Waals surface area contributed by atoms with Crippen molar-refractivity contribution in [2.75, 3.05) is 26.7 Å². The maximum atomic E-state index is 12.2. The summed E-state index contributed by atoms with van der Waals surface area (Å²) >= 11 is 4.54. The largest absolute Gasteiger partial charge is 0.302 e. The zero-order valence-corrected chi connectivity index (χ0v) is 12.0. The summed E-state index contributed by atoms with van der Waals surface area (Å²) in [5.74, 6) is 0. The van der Waals surface area contributed by atoms with Crippen molar-refractivity contribution in [2.45, 2.75) is 9.58 Å². The number of halogens is 1. The van der Waals surface area contributed by atoms with Gasteiger partial charge in [0, 0.05) is 19.6 Å². The van der Waals surface area contributed by atoms with Gasteiger partial charge in [0.1, 0.15) is 9.58 Å². The Balaban J connectivity index is 2.25. The number of nitrogens with one attached hydrogen (secondary N) is 1. The monoisotopic (exact) mass is 324 g/mol. The van der Waals surface area contributed by atoms with Crippen LogP contribution in [0.2, 0.25) is 0 Å². The first-order valence-electron chi connectivity index (χ1n) is 4.91. The van der Waals surface area contributed by atoms with E-state index in [1.165, 1.54) is 11.3 Å². The molecule has 7 heteroatoms. The number of sulfone groups is 1. The Hall–Kier alpha value is 0.0500. The van der Waals surface area contributed by atoms with Crippen LogP contribution in [-0.4, -0.2) is 45.4 Å². The molecule has 1 aromatic rings. The molecule has 1 saturated heterocycles. The number of piperazine rings is 1. The number of nitrogens with zero attached hydrogens (tertiary/aromatic N) is 1. The zero-order valence-electron chi connectivity index (χ0n) is 8.81. The van der Waals surface area contributed by atoms with Crippen molar-refractivity contribution >= 4 is 37.1 Å². The summed E-state index contributed by atoms with van der Waals surface area (Å²) in [6.07, 6.45) is 0. The molecule has 1 fully saturated rings. The van der Waals surface area contributed by atoms with Gasteiger partial charge >= 0.3 is 0 Å². The second-order valence-electron chi connectivity index (χ2n) is 3.81. The van der Waals surface area contributed by atoms with Crippen LogP contribution >= 0.6 is 27.3 Å². The zero-order chi connectivity index (χ0) is 11.8. The van der Waals surface area contributed by atoms with E-state index in [1.807, 2.05) is 11.9 Å². The van der Waals surface area contributed by atoms with E-state index in [0.717, 1.165) is 10.3 Å². The predicted molar refractivity (Wildman–Crippen MR) is 68.5 cm³/mol. The molecule has 2 rings (SSSR count). The first kappa shape index (κ1) is 12.5. The van der Waals surface area contributed by atoms with E-state index < -0.39 is 15.2 Å². The second-order valence-corrected chi connectivity index (χ2v) is 8.63. The van der Waals surface area contributed by atoms with Crippen molar-refractivity contribution in [3.05, 3.63) is 15.9 Å². The van der Waals surface area contributed by atoms with E-state index in [1.54, 1.807) is 12.1 Å². The molecule has 90 valence electrons. The summed E-state index contributed by atoms with van der Waals surface area (Å²) in [6.45, 7) is 2.14. The number of hydrogen-bond acceptors (Lipinski definition) is 5. The molecular formula is C9H13BrN2O2S2. The minimum Gasteiger partial charge on any atom is -0.302 e. The fraction of sp³-hybridized carbons (Fsp3) is 0.556. The third kappa shape index (κ3) is 2.48. The third-order valence-corrected chi connectivity index (χ3v) is 6.67. The minimum absolute atomic E-state index is 0.423. The first-order valence-corrected chi connectivity index (χ1v) is 8.07. The number of hydrogen-bond donors (Lipinski definition) is 1. The van der Waals surface area contributed by atoms with Crippen LogP contribution in [0.4, 0.5) is 0 Å². The SMILES string of the molecule is CN1CCNC(S(=O)(=O)c2ccc(Br)s2)C1. The highest BCUT2D eigenvalue weighted by molar-refractivity contribution is 9.11. The molecule has 4 nitrogen and oxygen atoms in total. The Kier molecular flexibility index (Phi) is 3.70. The third-order valence-electron chi connectivity index (χ3n) is 2.55. The fourth-order valence-corrected chi connectivity index (χ4v) is 5.50. The first-order chi connectivity index (χ1) is 7.50. The summed E-state index contributed by atoms with van der Waals surface area (Å²) in [5.41, 5.74) is 0. The van der Waals surface area contributed by atoms with Crippen LogP contribution in [0.1, 0.15) is 0 Å². The number of thiophene rings is 1. The maximum Gasteiger partial charge on any atom is 0.204 e. The molecule has 2 heterocycles. The molecule has 0 bridgehead atoms. The van der Waals surface area contributed by atoms with Gasteiger partial charge in [0.15, 0.2) is 0 Å². The number of likely N-dealkylation sites (N-methyl/N-ethyl adjacent to an activating group) is 1. The molecule has 1 aromatic heterocycles. The standard InChI is InChI=1S/C9H13BrN2O2S2/c1-12-5-4-11-8(6-12)16(13,14)9-3-2-7(10)15-9/h2-3,8,11H,4-6H2,1H3. The van der Waals surface area contributed by atoms with E-state index >= 15 is 0 Å². The lowest BCUT2D eigenvalue weighted by Crippen LogP contribution is -2.52. The molecule has 1 N–H and O–H groups in total. The minimum atomic E-state index is -3.24. The second kappa shape index (κ2) is 4.73. The van der Waals surface area contributed by atoms with Gasteiger partial charge in [-0.3, -0.25) is 5.32 Å². The summed E-state index contributed by atoms with van der Waals surface area (Å²) in [4.78, 5) is 2.03. The number of rotatable bonds is 2. The van der Waals surface area contributed by atoms with Gasteiger partial charge in [-0.1, -0.05) is 0 Å². The van der Waals surface area contributed by atoms with E-state index in [0.29, 0.717) is 17.3 Å². The topological polar surface area (TPSA) is 49.4 Å². The summed E-state index contributed by atoms with van der Waals surface area (Å²) in [5, 5.41) is 2.57. The van der Waals surface area contributed by atoms with Gasteiger partial charge in [-0.05, 0) is 35.1 Å². The van der Waals surface area contributed by atoms with Gasteiger partial charge in [0.2, 0.25) is 9.84 Å². The molecule has 0 aliphatic carbocycles. The lowest BCUT2D eigenvalue weighted by molar-refractivity contribution is 0.272. The molecule has 0 radical (unpaired) electrons. The van der Waals surface area contributed by atoms with E-state index in [2.05, 4.69) is 21.2 Å². The van der Waals surface area contributed by atoms with Crippen molar-refractivity contribution in [3.8, 4) is 0 Å². The van der Waals surface area contributed by atoms with Gasteiger partial charge in [-0.15, -0.1) is 11.3 Å². The Bertz CT molecular complexity index is 472. The lowest BCUT2D eigenvalue weighted by atomic mass is 10.4. The van der Waals surface area contributed by atoms with Crippen molar-refractivity contribution in [3.63, 3.8) is 0 Å². The average Bonchev–Trinajstić information content (AvgIpc) is 2.65.